The number of halogens is 1. The van der Waals surface area contributed by atoms with Crippen molar-refractivity contribution in [3.63, 3.8) is 0 Å². The molecule has 0 bridgehead atoms. The van der Waals surface area contributed by atoms with Crippen LogP contribution in [0.25, 0.3) is 0 Å². The van der Waals surface area contributed by atoms with Crippen molar-refractivity contribution < 1.29 is 0 Å². The van der Waals surface area contributed by atoms with E-state index in [1.165, 1.54) is 88.4 Å². The van der Waals surface area contributed by atoms with E-state index in [1.54, 1.807) is 0 Å². The van der Waals surface area contributed by atoms with E-state index in [0.717, 1.165) is 0 Å². The first kappa shape index (κ1) is 19.7. The van der Waals surface area contributed by atoms with E-state index in [9.17, 15) is 0 Å². The summed E-state index contributed by atoms with van der Waals surface area (Å²) in [5.74, 6) is 0. The first-order chi connectivity index (χ1) is 9.06. The van der Waals surface area contributed by atoms with Crippen molar-refractivity contribution in [1.29, 1.82) is 0 Å². The second kappa shape index (κ2) is 13.7. The molecule has 19 heavy (non-hydrogen) atoms. The quantitative estimate of drug-likeness (QED) is 0.174. The van der Waals surface area contributed by atoms with Gasteiger partial charge in [-0.05, 0) is 6.42 Å². The Morgan fingerprint density at radius 1 is 0.526 bits per heavy atom. The first-order valence-corrected chi connectivity index (χ1v) is 13.4. The van der Waals surface area contributed by atoms with Crippen LogP contribution in [0.4, 0.5) is 0 Å². The van der Waals surface area contributed by atoms with E-state index >= 15 is 0 Å². The van der Waals surface area contributed by atoms with Crippen molar-refractivity contribution in [3.8, 4) is 0 Å². The van der Waals surface area contributed by atoms with Crippen molar-refractivity contribution in [1.82, 2.24) is 0 Å². The molecule has 116 valence electrons. The molecule has 0 aromatic heterocycles. The Bertz CT molecular complexity index is 175. The Morgan fingerprint density at radius 3 is 1.16 bits per heavy atom. The van der Waals surface area contributed by atoms with Crippen molar-refractivity contribution in [3.05, 3.63) is 0 Å². The summed E-state index contributed by atoms with van der Waals surface area (Å²) in [5.41, 5.74) is 0. The Morgan fingerprint density at radius 2 is 0.842 bits per heavy atom. The van der Waals surface area contributed by atoms with Crippen molar-refractivity contribution in [2.24, 2.45) is 0 Å². The van der Waals surface area contributed by atoms with Crippen LogP contribution in [0.1, 0.15) is 77.0 Å². The van der Waals surface area contributed by atoms with Crippen LogP contribution in [-0.2, 0) is 0 Å². The van der Waals surface area contributed by atoms with E-state index in [0.29, 0.717) is 0 Å². The normalized spacial score (nSPS) is 12.0. The third-order valence-corrected chi connectivity index (χ3v) is 6.22. The van der Waals surface area contributed by atoms with Gasteiger partial charge in [-0.25, -0.2) is 0 Å². The van der Waals surface area contributed by atoms with Crippen LogP contribution in [0, 0.1) is 0 Å². The average Bonchev–Trinajstić information content (AvgIpc) is 2.34. The summed E-state index contributed by atoms with van der Waals surface area (Å²) >= 11 is 3.49. The van der Waals surface area contributed by atoms with Gasteiger partial charge in [0.05, 0.1) is 0 Å². The molecule has 0 atom stereocenters. The van der Waals surface area contributed by atoms with Gasteiger partial charge in [0.25, 0.3) is 0 Å². The van der Waals surface area contributed by atoms with Gasteiger partial charge in [0.2, 0.25) is 0 Å². The molecule has 0 N–H and O–H groups in total. The molecule has 0 aliphatic carbocycles. The zero-order chi connectivity index (χ0) is 14.4. The zero-order valence-electron chi connectivity index (χ0n) is 13.8. The van der Waals surface area contributed by atoms with Crippen molar-refractivity contribution in [2.75, 3.05) is 5.33 Å². The fourth-order valence-corrected chi connectivity index (χ4v) is 4.22. The summed E-state index contributed by atoms with van der Waals surface area (Å²) in [4.78, 5) is 0. The summed E-state index contributed by atoms with van der Waals surface area (Å²) in [6.45, 7) is 7.47. The van der Waals surface area contributed by atoms with Crippen molar-refractivity contribution >= 4 is 24.0 Å². The van der Waals surface area contributed by atoms with Crippen LogP contribution >= 0.6 is 15.9 Å². The minimum atomic E-state index is -0.760. The Hall–Kier alpha value is 0.697. The van der Waals surface area contributed by atoms with E-state index in [1.807, 2.05) is 0 Å². The van der Waals surface area contributed by atoms with Gasteiger partial charge in [0.1, 0.15) is 0 Å². The minimum Gasteiger partial charge on any atom is -0.0928 e. The summed E-state index contributed by atoms with van der Waals surface area (Å²) in [7, 11) is -0.760. The lowest BCUT2D eigenvalue weighted by atomic mass is 10.1. The lowest BCUT2D eigenvalue weighted by molar-refractivity contribution is 0.548. The van der Waals surface area contributed by atoms with E-state index in [2.05, 4.69) is 35.6 Å². The molecular weight excluding hydrogens is 312 g/mol. The van der Waals surface area contributed by atoms with E-state index in [-0.39, 0.29) is 0 Å². The summed E-state index contributed by atoms with van der Waals surface area (Å²) < 4.78 is 0. The van der Waals surface area contributed by atoms with Gasteiger partial charge >= 0.3 is 0 Å². The van der Waals surface area contributed by atoms with Gasteiger partial charge in [0.15, 0.2) is 0 Å². The van der Waals surface area contributed by atoms with Crippen LogP contribution in [0.2, 0.25) is 25.7 Å². The lowest BCUT2D eigenvalue weighted by Crippen LogP contribution is -2.18. The Kier molecular flexibility index (Phi) is 14.2. The first-order valence-electron chi connectivity index (χ1n) is 8.62. The van der Waals surface area contributed by atoms with Crippen LogP contribution < -0.4 is 0 Å². The maximum Gasteiger partial charge on any atom is 0.0442 e. The molecule has 0 amide bonds. The number of alkyl halides is 1. The Labute approximate surface area is 132 Å². The number of hydrogen-bond donors (Lipinski definition) is 0. The number of hydrogen-bond acceptors (Lipinski definition) is 0. The third kappa shape index (κ3) is 18.7. The van der Waals surface area contributed by atoms with E-state index in [4.69, 9.17) is 0 Å². The molecular formula is C17H37BrSi. The smallest absolute Gasteiger partial charge is 0.0442 e. The Balaban J connectivity index is 2.99. The summed E-state index contributed by atoms with van der Waals surface area (Å²) in [5, 5.41) is 1.19. The molecule has 0 aliphatic rings. The molecule has 0 rings (SSSR count). The average molecular weight is 349 g/mol. The monoisotopic (exact) mass is 348 g/mol. The van der Waals surface area contributed by atoms with Gasteiger partial charge in [-0.15, -0.1) is 0 Å². The standard InChI is InChI=1S/C17H37BrSi/c1-19(2,3)17-15-13-11-9-7-5-4-6-8-10-12-14-16-18/h4-17H2,1-3H3. The van der Waals surface area contributed by atoms with E-state index < -0.39 is 8.07 Å². The fourth-order valence-electron chi connectivity index (χ4n) is 2.52. The molecule has 0 aliphatic heterocycles. The summed E-state index contributed by atoms with van der Waals surface area (Å²) in [6.07, 6.45) is 17.5. The highest BCUT2D eigenvalue weighted by Crippen LogP contribution is 2.16. The molecule has 0 aromatic rings. The second-order valence-corrected chi connectivity index (χ2v) is 13.7. The summed E-state index contributed by atoms with van der Waals surface area (Å²) in [6, 6.07) is 1.53. The highest BCUT2D eigenvalue weighted by Gasteiger charge is 2.11. The maximum absolute atomic E-state index is 3.49. The molecule has 0 nitrogen and oxygen atoms in total. The molecule has 0 heterocycles. The topological polar surface area (TPSA) is 0 Å². The largest absolute Gasteiger partial charge is 0.0928 e. The number of unbranched alkanes of at least 4 members (excludes halogenated alkanes) is 11. The fraction of sp³-hybridized carbons (Fsp3) is 1.00. The van der Waals surface area contributed by atoms with Gasteiger partial charge < -0.3 is 0 Å². The molecule has 0 spiro atoms. The van der Waals surface area contributed by atoms with Crippen LogP contribution in [-0.4, -0.2) is 13.4 Å². The predicted molar refractivity (Wildman–Crippen MR) is 97.4 cm³/mol. The highest BCUT2D eigenvalue weighted by molar-refractivity contribution is 9.09. The second-order valence-electron chi connectivity index (χ2n) is 7.24. The molecule has 0 radical (unpaired) electrons. The van der Waals surface area contributed by atoms with Crippen molar-refractivity contribution in [2.45, 2.75) is 103 Å². The molecule has 0 saturated carbocycles. The van der Waals surface area contributed by atoms with Crippen LogP contribution in [0.3, 0.4) is 0 Å². The van der Waals surface area contributed by atoms with Gasteiger partial charge in [0, 0.05) is 13.4 Å². The maximum atomic E-state index is 3.49. The lowest BCUT2D eigenvalue weighted by Gasteiger charge is -2.14. The van der Waals surface area contributed by atoms with Crippen LogP contribution in [0.15, 0.2) is 0 Å². The minimum absolute atomic E-state index is 0.760. The molecule has 0 aromatic carbocycles. The third-order valence-electron chi connectivity index (χ3n) is 3.81. The highest BCUT2D eigenvalue weighted by atomic mass is 79.9. The van der Waals surface area contributed by atoms with Gasteiger partial charge in [-0.2, -0.15) is 0 Å². The SMILES string of the molecule is C[Si](C)(C)CCCCCCCCCCCCCCBr. The molecule has 2 heteroatoms. The zero-order valence-corrected chi connectivity index (χ0v) is 16.4. The van der Waals surface area contributed by atoms with Crippen LogP contribution in [0.5, 0.6) is 0 Å². The van der Waals surface area contributed by atoms with Gasteiger partial charge in [-0.1, -0.05) is 112 Å². The number of rotatable bonds is 14. The molecule has 0 fully saturated rings. The molecule has 0 saturated heterocycles. The molecule has 0 unspecified atom stereocenters. The predicted octanol–water partition coefficient (Wildman–Crippen LogP) is 7.40. The van der Waals surface area contributed by atoms with Gasteiger partial charge in [-0.3, -0.25) is 0 Å².